The first-order valence-electron chi connectivity index (χ1n) is 6.59. The highest BCUT2D eigenvalue weighted by molar-refractivity contribution is 7.99. The predicted molar refractivity (Wildman–Crippen MR) is 83.5 cm³/mol. The minimum Gasteiger partial charge on any atom is -0.341 e. The number of nitrogens with one attached hydrogen (secondary N) is 1. The van der Waals surface area contributed by atoms with E-state index in [1.807, 2.05) is 24.8 Å². The molecule has 0 aliphatic carbocycles. The quantitative estimate of drug-likeness (QED) is 0.675. The summed E-state index contributed by atoms with van der Waals surface area (Å²) in [4.78, 5) is 22.7. The van der Waals surface area contributed by atoms with Crippen molar-refractivity contribution in [3.05, 3.63) is 17.5 Å². The van der Waals surface area contributed by atoms with Gasteiger partial charge in [0.05, 0.1) is 5.75 Å². The highest BCUT2D eigenvalue weighted by Gasteiger charge is 2.15. The molecule has 1 saturated heterocycles. The number of amides is 1. The lowest BCUT2D eigenvalue weighted by atomic mass is 10.4. The number of rotatable bonds is 3. The van der Waals surface area contributed by atoms with Gasteiger partial charge in [-0.2, -0.15) is 0 Å². The van der Waals surface area contributed by atoms with Crippen LogP contribution in [0, 0.1) is 13.8 Å². The molecular weight excluding hydrogens is 296 g/mol. The molecule has 1 amide bonds. The fraction of sp³-hybridized carbons (Fsp3) is 0.615. The van der Waals surface area contributed by atoms with E-state index in [-0.39, 0.29) is 18.3 Å². The number of hydrogen-bond donors (Lipinski definition) is 1. The van der Waals surface area contributed by atoms with Gasteiger partial charge in [-0.25, -0.2) is 9.97 Å². The summed E-state index contributed by atoms with van der Waals surface area (Å²) < 4.78 is 0. The molecule has 112 valence electrons. The molecule has 1 N–H and O–H groups in total. The van der Waals surface area contributed by atoms with E-state index in [1.165, 1.54) is 11.8 Å². The van der Waals surface area contributed by atoms with Gasteiger partial charge in [-0.3, -0.25) is 4.79 Å². The molecule has 0 unspecified atom stereocenters. The number of hydrogen-bond acceptors (Lipinski definition) is 5. The molecule has 1 aliphatic rings. The average Bonchev–Trinajstić information content (AvgIpc) is 2.63. The lowest BCUT2D eigenvalue weighted by molar-refractivity contribution is -0.128. The molecule has 0 radical (unpaired) electrons. The fourth-order valence-electron chi connectivity index (χ4n) is 2.07. The van der Waals surface area contributed by atoms with Crippen LogP contribution in [0.2, 0.25) is 0 Å². The predicted octanol–water partition coefficient (Wildman–Crippen LogP) is 1.43. The molecule has 1 fully saturated rings. The van der Waals surface area contributed by atoms with Crippen LogP contribution >= 0.6 is 24.2 Å². The van der Waals surface area contributed by atoms with Gasteiger partial charge >= 0.3 is 0 Å². The van der Waals surface area contributed by atoms with Gasteiger partial charge in [-0.05, 0) is 32.9 Å². The van der Waals surface area contributed by atoms with Crippen LogP contribution in [0.25, 0.3) is 0 Å². The van der Waals surface area contributed by atoms with Crippen LogP contribution < -0.4 is 5.32 Å². The van der Waals surface area contributed by atoms with Gasteiger partial charge in [0, 0.05) is 31.0 Å². The van der Waals surface area contributed by atoms with Crippen LogP contribution in [-0.2, 0) is 4.79 Å². The van der Waals surface area contributed by atoms with E-state index in [4.69, 9.17) is 0 Å². The standard InChI is InChI=1S/C13H20N4OS.ClH/c1-10-8-11(2)16-13(15-10)19-9-12(18)17-6-3-4-14-5-7-17;/h8,14H,3-7,9H2,1-2H3;1H. The van der Waals surface area contributed by atoms with Crippen LogP contribution in [0.3, 0.4) is 0 Å². The van der Waals surface area contributed by atoms with Crippen molar-refractivity contribution in [3.8, 4) is 0 Å². The fourth-order valence-corrected chi connectivity index (χ4v) is 2.92. The second kappa shape index (κ2) is 8.44. The Morgan fingerprint density at radius 3 is 2.70 bits per heavy atom. The highest BCUT2D eigenvalue weighted by Crippen LogP contribution is 2.15. The number of aromatic nitrogens is 2. The zero-order valence-electron chi connectivity index (χ0n) is 11.9. The van der Waals surface area contributed by atoms with Gasteiger partial charge in [0.25, 0.3) is 0 Å². The van der Waals surface area contributed by atoms with Crippen molar-refractivity contribution in [1.29, 1.82) is 0 Å². The number of carbonyl (C=O) groups is 1. The summed E-state index contributed by atoms with van der Waals surface area (Å²) in [6, 6.07) is 1.94. The van der Waals surface area contributed by atoms with E-state index < -0.39 is 0 Å². The van der Waals surface area contributed by atoms with E-state index in [0.717, 1.165) is 44.0 Å². The Morgan fingerprint density at radius 2 is 2.00 bits per heavy atom. The number of halogens is 1. The Labute approximate surface area is 130 Å². The van der Waals surface area contributed by atoms with Gasteiger partial charge in [0.1, 0.15) is 0 Å². The number of carbonyl (C=O) groups excluding carboxylic acids is 1. The van der Waals surface area contributed by atoms with Crippen LogP contribution in [0.4, 0.5) is 0 Å². The Hall–Kier alpha value is -0.850. The molecule has 0 atom stereocenters. The number of thioether (sulfide) groups is 1. The van der Waals surface area contributed by atoms with Crippen molar-refractivity contribution >= 4 is 30.1 Å². The number of aryl methyl sites for hydroxylation is 2. The van der Waals surface area contributed by atoms with Crippen molar-refractivity contribution < 1.29 is 4.79 Å². The summed E-state index contributed by atoms with van der Waals surface area (Å²) in [5.74, 6) is 0.597. The topological polar surface area (TPSA) is 58.1 Å². The van der Waals surface area contributed by atoms with E-state index in [1.54, 1.807) is 0 Å². The molecule has 0 aromatic carbocycles. The third-order valence-electron chi connectivity index (χ3n) is 2.98. The number of nitrogens with zero attached hydrogens (tertiary/aromatic N) is 3. The Balaban J connectivity index is 0.00000200. The van der Waals surface area contributed by atoms with Crippen LogP contribution in [-0.4, -0.2) is 52.7 Å². The van der Waals surface area contributed by atoms with Gasteiger partial charge in [0.2, 0.25) is 5.91 Å². The Kier molecular flexibility index (Phi) is 7.26. The second-order valence-corrected chi connectivity index (χ2v) is 5.65. The van der Waals surface area contributed by atoms with E-state index >= 15 is 0 Å². The molecule has 0 saturated carbocycles. The molecule has 0 spiro atoms. The maximum atomic E-state index is 12.1. The lowest BCUT2D eigenvalue weighted by Gasteiger charge is -2.19. The summed E-state index contributed by atoms with van der Waals surface area (Å²) in [5, 5.41) is 3.99. The second-order valence-electron chi connectivity index (χ2n) is 4.71. The molecule has 7 heteroatoms. The first-order valence-corrected chi connectivity index (χ1v) is 7.57. The van der Waals surface area contributed by atoms with E-state index in [9.17, 15) is 4.79 Å². The normalized spacial score (nSPS) is 15.4. The molecule has 5 nitrogen and oxygen atoms in total. The monoisotopic (exact) mass is 316 g/mol. The summed E-state index contributed by atoms with van der Waals surface area (Å²) in [5.41, 5.74) is 1.89. The SMILES string of the molecule is Cc1cc(C)nc(SCC(=O)N2CCCNCC2)n1.Cl. The van der Waals surface area contributed by atoms with Gasteiger partial charge < -0.3 is 10.2 Å². The molecule has 2 heterocycles. The zero-order valence-corrected chi connectivity index (χ0v) is 13.5. The summed E-state index contributed by atoms with van der Waals surface area (Å²) in [6.07, 6.45) is 1.02. The minimum atomic E-state index is 0. The smallest absolute Gasteiger partial charge is 0.233 e. The van der Waals surface area contributed by atoms with Crippen molar-refractivity contribution in [1.82, 2.24) is 20.2 Å². The molecule has 2 rings (SSSR count). The maximum absolute atomic E-state index is 12.1. The summed E-state index contributed by atoms with van der Waals surface area (Å²) in [6.45, 7) is 7.42. The van der Waals surface area contributed by atoms with Crippen molar-refractivity contribution in [3.63, 3.8) is 0 Å². The Morgan fingerprint density at radius 1 is 1.30 bits per heavy atom. The minimum absolute atomic E-state index is 0. The molecule has 0 bridgehead atoms. The average molecular weight is 317 g/mol. The Bertz CT molecular complexity index is 430. The van der Waals surface area contributed by atoms with Crippen molar-refractivity contribution in [2.24, 2.45) is 0 Å². The van der Waals surface area contributed by atoms with Crippen LogP contribution in [0.1, 0.15) is 17.8 Å². The molecule has 1 aromatic rings. The van der Waals surface area contributed by atoms with E-state index in [0.29, 0.717) is 10.9 Å². The van der Waals surface area contributed by atoms with Crippen LogP contribution in [0.15, 0.2) is 11.2 Å². The van der Waals surface area contributed by atoms with E-state index in [2.05, 4.69) is 15.3 Å². The lowest BCUT2D eigenvalue weighted by Crippen LogP contribution is -2.35. The van der Waals surface area contributed by atoms with Crippen molar-refractivity contribution in [2.45, 2.75) is 25.4 Å². The third kappa shape index (κ3) is 5.26. The first-order chi connectivity index (χ1) is 9.15. The van der Waals surface area contributed by atoms with Crippen molar-refractivity contribution in [2.75, 3.05) is 31.9 Å². The van der Waals surface area contributed by atoms with Gasteiger partial charge in [0.15, 0.2) is 5.16 Å². The maximum Gasteiger partial charge on any atom is 0.233 e. The molecule has 20 heavy (non-hydrogen) atoms. The summed E-state index contributed by atoms with van der Waals surface area (Å²) in [7, 11) is 0. The van der Waals surface area contributed by atoms with Crippen LogP contribution in [0.5, 0.6) is 0 Å². The third-order valence-corrected chi connectivity index (χ3v) is 3.81. The zero-order chi connectivity index (χ0) is 13.7. The van der Waals surface area contributed by atoms with Gasteiger partial charge in [-0.1, -0.05) is 11.8 Å². The summed E-state index contributed by atoms with van der Waals surface area (Å²) >= 11 is 1.42. The molecule has 1 aliphatic heterocycles. The van der Waals surface area contributed by atoms with Gasteiger partial charge in [-0.15, -0.1) is 12.4 Å². The highest BCUT2D eigenvalue weighted by atomic mass is 35.5. The largest absolute Gasteiger partial charge is 0.341 e. The first kappa shape index (κ1) is 17.2. The molecular formula is C13H21ClN4OS. The molecule has 1 aromatic heterocycles.